The van der Waals surface area contributed by atoms with Crippen LogP contribution in [0.25, 0.3) is 0 Å². The number of piperazine rings is 1. The highest BCUT2D eigenvalue weighted by molar-refractivity contribution is 5.61. The van der Waals surface area contributed by atoms with Crippen LogP contribution >= 0.6 is 0 Å². The van der Waals surface area contributed by atoms with Gasteiger partial charge in [0.05, 0.1) is 25.4 Å². The second-order valence-corrected chi connectivity index (χ2v) is 4.97. The van der Waals surface area contributed by atoms with Gasteiger partial charge in [-0.1, -0.05) is 6.07 Å². The smallest absolute Gasteiger partial charge is 0.142 e. The third-order valence-electron chi connectivity index (χ3n) is 3.47. The van der Waals surface area contributed by atoms with Gasteiger partial charge in [0.15, 0.2) is 0 Å². The molecule has 1 aliphatic rings. The molecule has 1 aliphatic heterocycles. The molecule has 100 valence electrons. The number of methoxy groups -OCH3 is 1. The van der Waals surface area contributed by atoms with Gasteiger partial charge in [-0.3, -0.25) is 0 Å². The number of nitrogens with one attached hydrogen (secondary N) is 1. The Morgan fingerprint density at radius 3 is 2.94 bits per heavy atom. The molecule has 0 aliphatic carbocycles. The van der Waals surface area contributed by atoms with E-state index in [9.17, 15) is 5.11 Å². The molecule has 0 aromatic heterocycles. The fraction of sp³-hybridized carbons (Fsp3) is 0.571. The molecule has 0 radical (unpaired) electrons. The van der Waals surface area contributed by atoms with E-state index < -0.39 is 0 Å². The minimum absolute atomic E-state index is 0.108. The Morgan fingerprint density at radius 1 is 1.50 bits per heavy atom. The van der Waals surface area contributed by atoms with E-state index in [0.29, 0.717) is 6.04 Å². The number of aliphatic hydroxyl groups excluding tert-OH is 1. The fourth-order valence-electron chi connectivity index (χ4n) is 2.44. The van der Waals surface area contributed by atoms with E-state index >= 15 is 0 Å². The van der Waals surface area contributed by atoms with Crippen molar-refractivity contribution in [1.82, 2.24) is 5.32 Å². The summed E-state index contributed by atoms with van der Waals surface area (Å²) < 4.78 is 5.44. The molecule has 4 nitrogen and oxygen atoms in total. The van der Waals surface area contributed by atoms with Crippen LogP contribution in [0.1, 0.15) is 12.5 Å². The van der Waals surface area contributed by atoms with Crippen molar-refractivity contribution in [2.24, 2.45) is 0 Å². The monoisotopic (exact) mass is 250 g/mol. The van der Waals surface area contributed by atoms with Gasteiger partial charge in [0.2, 0.25) is 0 Å². The van der Waals surface area contributed by atoms with Crippen LogP contribution in [0.3, 0.4) is 0 Å². The summed E-state index contributed by atoms with van der Waals surface area (Å²) in [4.78, 5) is 2.24. The molecular formula is C14H22N2O2. The van der Waals surface area contributed by atoms with E-state index in [1.165, 1.54) is 5.56 Å². The molecule has 1 fully saturated rings. The van der Waals surface area contributed by atoms with E-state index in [2.05, 4.69) is 30.1 Å². The summed E-state index contributed by atoms with van der Waals surface area (Å²) in [6.45, 7) is 6.06. The first-order valence-corrected chi connectivity index (χ1v) is 6.41. The highest BCUT2D eigenvalue weighted by Gasteiger charge is 2.27. The summed E-state index contributed by atoms with van der Waals surface area (Å²) in [7, 11) is 1.69. The van der Waals surface area contributed by atoms with Gasteiger partial charge in [-0.15, -0.1) is 0 Å². The average Bonchev–Trinajstić information content (AvgIpc) is 2.38. The first-order valence-electron chi connectivity index (χ1n) is 6.41. The van der Waals surface area contributed by atoms with Crippen LogP contribution in [0.4, 0.5) is 5.69 Å². The van der Waals surface area contributed by atoms with Gasteiger partial charge in [0.25, 0.3) is 0 Å². The molecule has 2 unspecified atom stereocenters. The molecule has 0 bridgehead atoms. The molecule has 0 spiro atoms. The van der Waals surface area contributed by atoms with Crippen LogP contribution in [0.15, 0.2) is 18.2 Å². The summed E-state index contributed by atoms with van der Waals surface area (Å²) in [5, 5.41) is 12.9. The van der Waals surface area contributed by atoms with Crippen molar-refractivity contribution < 1.29 is 9.84 Å². The SMILES string of the molecule is COc1ccc(C)cc1N1CC(C)NCC1CO. The molecule has 1 saturated heterocycles. The average molecular weight is 250 g/mol. The molecular weight excluding hydrogens is 228 g/mol. The molecule has 1 aromatic rings. The first-order chi connectivity index (χ1) is 8.65. The molecule has 0 saturated carbocycles. The van der Waals surface area contributed by atoms with Crippen molar-refractivity contribution >= 4 is 5.69 Å². The predicted molar refractivity (Wildman–Crippen MR) is 73.4 cm³/mol. The molecule has 4 heteroatoms. The molecule has 18 heavy (non-hydrogen) atoms. The van der Waals surface area contributed by atoms with Crippen molar-refractivity contribution in [2.45, 2.75) is 25.9 Å². The van der Waals surface area contributed by atoms with Crippen LogP contribution in [0.2, 0.25) is 0 Å². The molecule has 2 N–H and O–H groups in total. The lowest BCUT2D eigenvalue weighted by Crippen LogP contribution is -2.57. The summed E-state index contributed by atoms with van der Waals surface area (Å²) in [6, 6.07) is 6.68. The summed E-state index contributed by atoms with van der Waals surface area (Å²) in [5.41, 5.74) is 2.28. The Kier molecular flexibility index (Phi) is 4.09. The Morgan fingerprint density at radius 2 is 2.28 bits per heavy atom. The Hall–Kier alpha value is -1.26. The van der Waals surface area contributed by atoms with Gasteiger partial charge < -0.3 is 20.1 Å². The largest absolute Gasteiger partial charge is 0.495 e. The number of aryl methyl sites for hydroxylation is 1. The third-order valence-corrected chi connectivity index (χ3v) is 3.47. The first kappa shape index (κ1) is 13.2. The van der Waals surface area contributed by atoms with Crippen LogP contribution in [-0.2, 0) is 0 Å². The Bertz CT molecular complexity index is 409. The van der Waals surface area contributed by atoms with Gasteiger partial charge in [-0.2, -0.15) is 0 Å². The topological polar surface area (TPSA) is 44.7 Å². The maximum atomic E-state index is 9.52. The zero-order chi connectivity index (χ0) is 13.1. The van der Waals surface area contributed by atoms with Crippen LogP contribution in [0, 0.1) is 6.92 Å². The lowest BCUT2D eigenvalue weighted by molar-refractivity contribution is 0.236. The van der Waals surface area contributed by atoms with E-state index in [1.54, 1.807) is 7.11 Å². The van der Waals surface area contributed by atoms with Crippen LogP contribution in [0.5, 0.6) is 5.75 Å². The summed E-state index contributed by atoms with van der Waals surface area (Å²) in [6.07, 6.45) is 0. The van der Waals surface area contributed by atoms with Crippen molar-refractivity contribution in [3.05, 3.63) is 23.8 Å². The van der Waals surface area contributed by atoms with Gasteiger partial charge in [0.1, 0.15) is 5.75 Å². The number of nitrogens with zero attached hydrogens (tertiary/aromatic N) is 1. The van der Waals surface area contributed by atoms with Crippen LogP contribution < -0.4 is 15.0 Å². The highest BCUT2D eigenvalue weighted by atomic mass is 16.5. The number of anilines is 1. The lowest BCUT2D eigenvalue weighted by atomic mass is 10.1. The number of aliphatic hydroxyl groups is 1. The second kappa shape index (κ2) is 5.59. The minimum Gasteiger partial charge on any atom is -0.495 e. The molecule has 1 heterocycles. The molecule has 1 aromatic carbocycles. The maximum Gasteiger partial charge on any atom is 0.142 e. The summed E-state index contributed by atoms with van der Waals surface area (Å²) >= 11 is 0. The van der Waals surface area contributed by atoms with E-state index in [-0.39, 0.29) is 12.6 Å². The molecule has 2 atom stereocenters. The standard InChI is InChI=1S/C14H22N2O2/c1-10-4-5-14(18-3)13(6-10)16-8-11(2)15-7-12(16)9-17/h4-6,11-12,15,17H,7-9H2,1-3H3. The highest BCUT2D eigenvalue weighted by Crippen LogP contribution is 2.31. The number of ether oxygens (including phenoxy) is 1. The van der Waals surface area contributed by atoms with Gasteiger partial charge in [-0.05, 0) is 31.5 Å². The predicted octanol–water partition coefficient (Wildman–Crippen LogP) is 1.16. The number of hydrogen-bond donors (Lipinski definition) is 2. The third kappa shape index (κ3) is 2.60. The van der Waals surface area contributed by atoms with Crippen molar-refractivity contribution in [1.29, 1.82) is 0 Å². The number of rotatable bonds is 3. The number of benzene rings is 1. The lowest BCUT2D eigenvalue weighted by Gasteiger charge is -2.40. The van der Waals surface area contributed by atoms with Crippen molar-refractivity contribution in [3.8, 4) is 5.75 Å². The van der Waals surface area contributed by atoms with Crippen LogP contribution in [-0.4, -0.2) is 44.0 Å². The fourth-order valence-corrected chi connectivity index (χ4v) is 2.44. The van der Waals surface area contributed by atoms with Crippen molar-refractivity contribution in [3.63, 3.8) is 0 Å². The Balaban J connectivity index is 2.34. The van der Waals surface area contributed by atoms with E-state index in [0.717, 1.165) is 24.5 Å². The van der Waals surface area contributed by atoms with E-state index in [4.69, 9.17) is 4.74 Å². The maximum absolute atomic E-state index is 9.52. The zero-order valence-corrected chi connectivity index (χ0v) is 11.3. The van der Waals surface area contributed by atoms with Crippen molar-refractivity contribution in [2.75, 3.05) is 31.7 Å². The second-order valence-electron chi connectivity index (χ2n) is 4.97. The van der Waals surface area contributed by atoms with Gasteiger partial charge in [0, 0.05) is 19.1 Å². The van der Waals surface area contributed by atoms with E-state index in [1.807, 2.05) is 12.1 Å². The number of hydrogen-bond acceptors (Lipinski definition) is 4. The van der Waals surface area contributed by atoms with Gasteiger partial charge in [-0.25, -0.2) is 0 Å². The minimum atomic E-state index is 0.108. The molecule has 2 rings (SSSR count). The summed E-state index contributed by atoms with van der Waals surface area (Å²) in [5.74, 6) is 0.869. The molecule has 0 amide bonds. The quantitative estimate of drug-likeness (QED) is 0.845. The zero-order valence-electron chi connectivity index (χ0n) is 11.3. The normalized spacial score (nSPS) is 24.1. The Labute approximate surface area is 109 Å². The van der Waals surface area contributed by atoms with Gasteiger partial charge >= 0.3 is 0 Å².